The maximum absolute atomic E-state index is 10.6. The fourth-order valence-electron chi connectivity index (χ4n) is 0.796. The first-order chi connectivity index (χ1) is 6.05. The van der Waals surface area contributed by atoms with Gasteiger partial charge < -0.3 is 0 Å². The molecule has 5 nitrogen and oxygen atoms in total. The molecule has 0 aliphatic rings. The minimum absolute atomic E-state index is 0.0417. The van der Waals surface area contributed by atoms with Crippen molar-refractivity contribution >= 4 is 22.4 Å². The quantitative estimate of drug-likeness (QED) is 0.564. The van der Waals surface area contributed by atoms with Crippen LogP contribution < -0.4 is 4.31 Å². The zero-order valence-corrected chi connectivity index (χ0v) is 7.23. The van der Waals surface area contributed by atoms with Gasteiger partial charge in [0.25, 0.3) is 0 Å². The molecule has 0 saturated heterocycles. The highest BCUT2D eigenvalue weighted by Gasteiger charge is 2.18. The van der Waals surface area contributed by atoms with Gasteiger partial charge in [-0.05, 0) is 12.1 Å². The van der Waals surface area contributed by atoms with E-state index in [2.05, 4.69) is 0 Å². The molecule has 0 unspecified atom stereocenters. The highest BCUT2D eigenvalue weighted by atomic mass is 32.2. The fourth-order valence-corrected chi connectivity index (χ4v) is 1.28. The molecule has 1 rings (SSSR count). The van der Waals surface area contributed by atoms with Gasteiger partial charge in [0.2, 0.25) is 0 Å². The van der Waals surface area contributed by atoms with Crippen LogP contribution in [-0.2, 0) is 15.1 Å². The topological polar surface area (TPSA) is 74.7 Å². The molecule has 1 radical (unpaired) electrons. The molecule has 0 aliphatic carbocycles. The van der Waals surface area contributed by atoms with Crippen molar-refractivity contribution < 1.29 is 17.8 Å². The van der Waals surface area contributed by atoms with E-state index >= 15 is 0 Å². The highest BCUT2D eigenvalue weighted by molar-refractivity contribution is 7.88. The van der Waals surface area contributed by atoms with Gasteiger partial charge in [-0.1, -0.05) is 18.2 Å². The van der Waals surface area contributed by atoms with Crippen LogP contribution in [-0.4, -0.2) is 19.4 Å². The Morgan fingerprint density at radius 2 is 1.77 bits per heavy atom. The van der Waals surface area contributed by atoms with E-state index < -0.39 is 10.3 Å². The molecule has 6 heteroatoms. The summed E-state index contributed by atoms with van der Waals surface area (Å²) in [6.07, 6.45) is 1.10. The van der Waals surface area contributed by atoms with E-state index in [9.17, 15) is 13.2 Å². The van der Waals surface area contributed by atoms with Gasteiger partial charge in [-0.15, -0.1) is 0 Å². The number of carbonyl (C=O) groups excluding carboxylic acids is 1. The Balaban J connectivity index is 3.13. The maximum Gasteiger partial charge on any atom is 0.367 e. The summed E-state index contributed by atoms with van der Waals surface area (Å²) in [4.78, 5) is 10.2. The molecule has 0 bridgehead atoms. The Morgan fingerprint density at radius 1 is 1.23 bits per heavy atom. The van der Waals surface area contributed by atoms with Crippen molar-refractivity contribution in [2.75, 3.05) is 4.31 Å². The fraction of sp³-hybridized carbons (Fsp3) is 0. The van der Waals surface area contributed by atoms with E-state index in [1.165, 1.54) is 24.3 Å². The molecular weight excluding hydrogens is 194 g/mol. The van der Waals surface area contributed by atoms with Gasteiger partial charge in [-0.2, -0.15) is 12.7 Å². The van der Waals surface area contributed by atoms with Crippen molar-refractivity contribution in [1.29, 1.82) is 0 Å². The molecule has 13 heavy (non-hydrogen) atoms. The SMILES string of the molecule is O=[C]N(c1ccccc1)S(=O)(=O)O. The monoisotopic (exact) mass is 200 g/mol. The third-order valence-corrected chi connectivity index (χ3v) is 2.05. The van der Waals surface area contributed by atoms with E-state index in [4.69, 9.17) is 4.55 Å². The number of benzene rings is 1. The van der Waals surface area contributed by atoms with Crippen LogP contribution >= 0.6 is 0 Å². The summed E-state index contributed by atoms with van der Waals surface area (Å²) in [6.45, 7) is 0. The smallest absolute Gasteiger partial charge is 0.269 e. The van der Waals surface area contributed by atoms with Gasteiger partial charge in [-0.3, -0.25) is 9.35 Å². The second-order valence-electron chi connectivity index (χ2n) is 2.17. The van der Waals surface area contributed by atoms with Gasteiger partial charge in [0.05, 0.1) is 5.69 Å². The first-order valence-corrected chi connectivity index (χ1v) is 4.66. The third-order valence-electron chi connectivity index (χ3n) is 1.30. The van der Waals surface area contributed by atoms with Crippen LogP contribution in [0.1, 0.15) is 0 Å². The minimum Gasteiger partial charge on any atom is -0.269 e. The van der Waals surface area contributed by atoms with Crippen molar-refractivity contribution in [2.24, 2.45) is 0 Å². The molecule has 1 aromatic carbocycles. The van der Waals surface area contributed by atoms with Gasteiger partial charge >= 0.3 is 16.7 Å². The molecule has 1 amide bonds. The lowest BCUT2D eigenvalue weighted by atomic mass is 10.3. The van der Waals surface area contributed by atoms with Crippen LogP contribution in [0.4, 0.5) is 5.69 Å². The lowest BCUT2D eigenvalue weighted by Crippen LogP contribution is -2.28. The lowest BCUT2D eigenvalue weighted by molar-refractivity contribution is 0.481. The number of rotatable bonds is 3. The molecule has 0 spiro atoms. The van der Waals surface area contributed by atoms with E-state index in [0.29, 0.717) is 0 Å². The van der Waals surface area contributed by atoms with Crippen LogP contribution in [0.5, 0.6) is 0 Å². The van der Waals surface area contributed by atoms with Crippen molar-refractivity contribution in [2.45, 2.75) is 0 Å². The second kappa shape index (κ2) is 3.55. The van der Waals surface area contributed by atoms with Gasteiger partial charge in [0.1, 0.15) is 0 Å². The number of anilines is 1. The van der Waals surface area contributed by atoms with Crippen molar-refractivity contribution in [3.63, 3.8) is 0 Å². The van der Waals surface area contributed by atoms with Crippen LogP contribution in [0.2, 0.25) is 0 Å². The number of hydrogen-bond acceptors (Lipinski definition) is 3. The van der Waals surface area contributed by atoms with E-state index in [1.807, 2.05) is 0 Å². The summed E-state index contributed by atoms with van der Waals surface area (Å²) < 4.78 is 29.8. The van der Waals surface area contributed by atoms with E-state index in [0.717, 1.165) is 6.41 Å². The molecule has 1 N–H and O–H groups in total. The first-order valence-electron chi connectivity index (χ1n) is 3.26. The highest BCUT2D eigenvalue weighted by Crippen LogP contribution is 2.13. The Labute approximate surface area is 75.5 Å². The number of nitrogens with zero attached hydrogens (tertiary/aromatic N) is 1. The number of hydrogen-bond donors (Lipinski definition) is 1. The predicted octanol–water partition coefficient (Wildman–Crippen LogP) is 0.363. The first kappa shape index (κ1) is 9.69. The zero-order valence-electron chi connectivity index (χ0n) is 6.41. The molecular formula is C7H6NO4S. The van der Waals surface area contributed by atoms with Gasteiger partial charge in [0.15, 0.2) is 0 Å². The summed E-state index contributed by atoms with van der Waals surface area (Å²) in [5.74, 6) is 0. The summed E-state index contributed by atoms with van der Waals surface area (Å²) in [5, 5.41) is 0. The second-order valence-corrected chi connectivity index (χ2v) is 3.43. The summed E-state index contributed by atoms with van der Waals surface area (Å²) >= 11 is 0. The van der Waals surface area contributed by atoms with Crippen LogP contribution in [0.25, 0.3) is 0 Å². The van der Waals surface area contributed by atoms with Crippen LogP contribution in [0.3, 0.4) is 0 Å². The molecule has 1 aromatic rings. The normalized spacial score (nSPS) is 10.8. The Kier molecular flexibility index (Phi) is 2.64. The summed E-state index contributed by atoms with van der Waals surface area (Å²) in [6, 6.07) is 7.43. The minimum atomic E-state index is -4.56. The van der Waals surface area contributed by atoms with Gasteiger partial charge in [0, 0.05) is 0 Å². The molecule has 0 aliphatic heterocycles. The zero-order chi connectivity index (χ0) is 9.90. The van der Waals surface area contributed by atoms with Crippen molar-refractivity contribution in [3.8, 4) is 0 Å². The average molecular weight is 200 g/mol. The standard InChI is InChI=1S/C7H6NO4S/c9-6-8(13(10,11)12)7-4-2-1-3-5-7/h1-5H,(H,10,11,12). The Bertz CT molecular complexity index is 386. The average Bonchev–Trinajstić information content (AvgIpc) is 2.05. The molecule has 69 valence electrons. The predicted molar refractivity (Wildman–Crippen MR) is 46.2 cm³/mol. The Hall–Kier alpha value is -1.40. The van der Waals surface area contributed by atoms with Crippen LogP contribution in [0.15, 0.2) is 30.3 Å². The number of para-hydroxylation sites is 1. The summed E-state index contributed by atoms with van der Waals surface area (Å²) in [7, 11) is -4.56. The largest absolute Gasteiger partial charge is 0.367 e. The molecule has 0 heterocycles. The number of amides is 1. The third kappa shape index (κ3) is 2.27. The van der Waals surface area contributed by atoms with Gasteiger partial charge in [-0.25, -0.2) is 0 Å². The molecule has 0 atom stereocenters. The summed E-state index contributed by atoms with van der Waals surface area (Å²) in [5.41, 5.74) is 0.0417. The lowest BCUT2D eigenvalue weighted by Gasteiger charge is -2.10. The molecule has 0 fully saturated rings. The maximum atomic E-state index is 10.6. The molecule has 0 aromatic heterocycles. The van der Waals surface area contributed by atoms with Crippen LogP contribution in [0, 0.1) is 0 Å². The molecule has 0 saturated carbocycles. The van der Waals surface area contributed by atoms with Crippen molar-refractivity contribution in [1.82, 2.24) is 0 Å². The Morgan fingerprint density at radius 3 is 2.15 bits per heavy atom. The van der Waals surface area contributed by atoms with E-state index in [-0.39, 0.29) is 9.99 Å². The van der Waals surface area contributed by atoms with E-state index in [1.54, 1.807) is 6.07 Å². The van der Waals surface area contributed by atoms with Crippen molar-refractivity contribution in [3.05, 3.63) is 30.3 Å².